The van der Waals surface area contributed by atoms with Gasteiger partial charge < -0.3 is 9.13 Å². The van der Waals surface area contributed by atoms with Crippen LogP contribution in [0.25, 0.3) is 142 Å². The molecule has 16 aromatic rings. The summed E-state index contributed by atoms with van der Waals surface area (Å²) >= 11 is 1.57. The maximum atomic E-state index is 10.5. The molecular weight excluding hydrogens is 887 g/mol. The van der Waals surface area contributed by atoms with Gasteiger partial charge in [-0.3, -0.25) is 9.13 Å². The second kappa shape index (κ2) is 14.6. The highest BCUT2D eigenvalue weighted by molar-refractivity contribution is 7.26. The van der Waals surface area contributed by atoms with Crippen molar-refractivity contribution in [3.05, 3.63) is 224 Å². The fourth-order valence-corrected chi connectivity index (χ4v) is 11.9. The molecule has 6 aromatic heterocycles. The van der Waals surface area contributed by atoms with Gasteiger partial charge in [0.2, 0.25) is 11.9 Å². The third kappa shape index (κ3) is 5.34. The van der Waals surface area contributed by atoms with Crippen molar-refractivity contribution in [1.29, 1.82) is 0 Å². The molecule has 16 rings (SSSR count). The molecule has 0 radical (unpaired) electrons. The van der Waals surface area contributed by atoms with E-state index >= 15 is 0 Å². The van der Waals surface area contributed by atoms with E-state index in [9.17, 15) is 12.3 Å². The monoisotopic (exact) mass is 938 g/mol. The molecule has 10 aromatic carbocycles. The van der Waals surface area contributed by atoms with Gasteiger partial charge in [0.05, 0.1) is 81.6 Å². The molecule has 0 amide bonds. The van der Waals surface area contributed by atoms with Crippen molar-refractivity contribution >= 4 is 119 Å². The first-order valence-corrected chi connectivity index (χ1v) is 23.5. The van der Waals surface area contributed by atoms with Crippen LogP contribution in [0, 0.1) is 0 Å². The van der Waals surface area contributed by atoms with Gasteiger partial charge in [-0.15, -0.1) is 11.3 Å². The van der Waals surface area contributed by atoms with Crippen LogP contribution in [0.4, 0.5) is 0 Å². The number of benzene rings is 10. The van der Waals surface area contributed by atoms with E-state index in [4.69, 9.17) is 23.2 Å². The first-order valence-electron chi connectivity index (χ1n) is 30.2. The molecule has 0 aliphatic heterocycles. The zero-order chi connectivity index (χ0) is 59.4. The van der Waals surface area contributed by atoms with Gasteiger partial charge in [-0.05, 0) is 66.6 Å². The lowest BCUT2D eigenvalue weighted by Gasteiger charge is -2.20. The van der Waals surface area contributed by atoms with Crippen molar-refractivity contribution < 1.29 is 20.6 Å². The van der Waals surface area contributed by atoms with E-state index in [1.807, 2.05) is 65.2 Å². The molecule has 8 heteroatoms. The Morgan fingerprint density at radius 3 is 1.32 bits per heavy atom. The Morgan fingerprint density at radius 1 is 0.324 bits per heavy atom. The Hall–Kier alpha value is -9.37. The van der Waals surface area contributed by atoms with Crippen LogP contribution in [0.1, 0.15) is 20.6 Å². The molecule has 0 saturated carbocycles. The number of fused-ring (bicyclic) bond motifs is 16. The van der Waals surface area contributed by atoms with Crippen LogP contribution in [0.15, 0.2) is 224 Å². The van der Waals surface area contributed by atoms with Gasteiger partial charge >= 0.3 is 0 Å². The van der Waals surface area contributed by atoms with Crippen molar-refractivity contribution in [2.24, 2.45) is 0 Å². The summed E-state index contributed by atoms with van der Waals surface area (Å²) in [7, 11) is 0. The van der Waals surface area contributed by atoms with Crippen molar-refractivity contribution in [2.75, 3.05) is 0 Å². The van der Waals surface area contributed by atoms with Crippen LogP contribution in [-0.4, -0.2) is 33.2 Å². The molecule has 0 N–H and O–H groups in total. The van der Waals surface area contributed by atoms with Crippen LogP contribution >= 0.6 is 11.3 Å². The van der Waals surface area contributed by atoms with Gasteiger partial charge in [0.1, 0.15) is 0 Å². The van der Waals surface area contributed by atoms with Gasteiger partial charge in [-0.1, -0.05) is 157 Å². The standard InChI is InChI=1S/C63H37N7S/c1-9-26-47-38(18-1)39-19-2-10-27-48(39)67(47)54-33-17-34-55(68-49-28-11-7-24-44(49)45-36-37-57-58(60(45)68)46-25-8-16-35-56(46)71-57)59(54)61-64-62(69-50-29-12-3-20-40(50)41-21-4-13-30-51(41)69)66-63(65-61)70-52-31-14-5-22-42(52)43-23-6-15-32-53(43)70/h1-37H/i1D,3D,5D,9D,12D,14D,17D,18D,20D,22D,26D,29D,31D,33D,34D. The lowest BCUT2D eigenvalue weighted by Crippen LogP contribution is -2.12. The van der Waals surface area contributed by atoms with E-state index in [0.717, 1.165) is 30.9 Å². The zero-order valence-electron chi connectivity index (χ0n) is 51.7. The predicted octanol–water partition coefficient (Wildman–Crippen LogP) is 16.3. The predicted molar refractivity (Wildman–Crippen MR) is 296 cm³/mol. The number of hydrogen-bond acceptors (Lipinski definition) is 4. The largest absolute Gasteiger partial charge is 0.308 e. The van der Waals surface area contributed by atoms with Crippen LogP contribution < -0.4 is 0 Å². The molecule has 0 unspecified atom stereocenters. The summed E-state index contributed by atoms with van der Waals surface area (Å²) in [6, 6.07) is 33.1. The molecule has 0 spiro atoms. The second-order valence-electron chi connectivity index (χ2n) is 17.2. The summed E-state index contributed by atoms with van der Waals surface area (Å²) in [5.41, 5.74) is 1.72. The highest BCUT2D eigenvalue weighted by atomic mass is 32.1. The van der Waals surface area contributed by atoms with Gasteiger partial charge in [-0.2, -0.15) is 15.0 Å². The highest BCUT2D eigenvalue weighted by Gasteiger charge is 2.28. The average molecular weight is 939 g/mol. The Kier molecular flexibility index (Phi) is 5.54. The molecule has 7 nitrogen and oxygen atoms in total. The SMILES string of the molecule is [2H]c1c([2H])c(-n2c3ccccc3c3c([2H])c([2H])c([2H])c([2H])c32)c(-c2nc(-n3c4ccccc4c4c([2H])c([2H])c([2H])c([2H])c43)nc(-n3c4ccccc4c4c([2H])c([2H])c([2H])c([2H])c43)n2)c(-n2c3ccccc3c3ccc4sc5ccccc5c4c32)c1[2H]. The Morgan fingerprint density at radius 2 is 0.761 bits per heavy atom. The first kappa shape index (κ1) is 27.0. The molecular formula is C63H37N7S. The number of nitrogens with zero attached hydrogens (tertiary/aromatic N) is 7. The minimum Gasteiger partial charge on any atom is -0.308 e. The van der Waals surface area contributed by atoms with Crippen LogP contribution in [0.5, 0.6) is 0 Å². The Bertz CT molecular complexity index is 5670. The maximum Gasteiger partial charge on any atom is 0.240 e. The van der Waals surface area contributed by atoms with E-state index in [-0.39, 0.29) is 85.5 Å². The summed E-state index contributed by atoms with van der Waals surface area (Å²) in [5.74, 6) is -0.846. The molecule has 0 fully saturated rings. The van der Waals surface area contributed by atoms with E-state index in [1.54, 1.807) is 84.1 Å². The number of thiophene rings is 1. The van der Waals surface area contributed by atoms with Crippen LogP contribution in [0.2, 0.25) is 0 Å². The molecule has 0 aliphatic carbocycles. The van der Waals surface area contributed by atoms with Crippen molar-refractivity contribution in [3.63, 3.8) is 0 Å². The minimum atomic E-state index is -0.575. The van der Waals surface area contributed by atoms with Crippen LogP contribution in [-0.2, 0) is 0 Å². The van der Waals surface area contributed by atoms with Crippen molar-refractivity contribution in [1.82, 2.24) is 33.2 Å². The van der Waals surface area contributed by atoms with E-state index in [0.29, 0.717) is 43.7 Å². The summed E-state index contributed by atoms with van der Waals surface area (Å²) in [6.45, 7) is 0. The third-order valence-corrected chi connectivity index (χ3v) is 14.7. The molecule has 6 heterocycles. The molecule has 0 saturated heterocycles. The summed E-state index contributed by atoms with van der Waals surface area (Å²) in [6.07, 6.45) is 0. The maximum absolute atomic E-state index is 10.5. The van der Waals surface area contributed by atoms with E-state index in [1.165, 1.54) is 13.7 Å². The van der Waals surface area contributed by atoms with E-state index in [2.05, 4.69) is 0 Å². The third-order valence-electron chi connectivity index (χ3n) is 13.6. The van der Waals surface area contributed by atoms with Crippen molar-refractivity contribution in [3.8, 4) is 34.7 Å². The average Bonchev–Trinajstić information content (AvgIpc) is 2.16. The normalized spacial score (nSPS) is 15.2. The van der Waals surface area contributed by atoms with Gasteiger partial charge in [0.15, 0.2) is 5.82 Å². The van der Waals surface area contributed by atoms with Gasteiger partial charge in [0.25, 0.3) is 0 Å². The fraction of sp³-hybridized carbons (Fsp3) is 0. The first-order chi connectivity index (χ1) is 41.5. The Labute approximate surface area is 430 Å². The smallest absolute Gasteiger partial charge is 0.240 e. The molecule has 0 aliphatic rings. The zero-order valence-corrected chi connectivity index (χ0v) is 37.6. The van der Waals surface area contributed by atoms with Crippen LogP contribution in [0.3, 0.4) is 0 Å². The summed E-state index contributed by atoms with van der Waals surface area (Å²) < 4.78 is 150. The topological polar surface area (TPSA) is 58.4 Å². The minimum absolute atomic E-state index is 0.0266. The Balaban J connectivity index is 1.20. The number of hydrogen-bond donors (Lipinski definition) is 0. The van der Waals surface area contributed by atoms with Crippen molar-refractivity contribution in [2.45, 2.75) is 0 Å². The molecule has 330 valence electrons. The van der Waals surface area contributed by atoms with E-state index < -0.39 is 72.5 Å². The number of rotatable bonds is 5. The fourth-order valence-electron chi connectivity index (χ4n) is 10.8. The molecule has 71 heavy (non-hydrogen) atoms. The molecule has 0 bridgehead atoms. The van der Waals surface area contributed by atoms with Gasteiger partial charge in [0, 0.05) is 63.3 Å². The lowest BCUT2D eigenvalue weighted by atomic mass is 10.1. The second-order valence-corrected chi connectivity index (χ2v) is 18.3. The number of aromatic nitrogens is 7. The molecule has 0 atom stereocenters. The highest BCUT2D eigenvalue weighted by Crippen LogP contribution is 2.46. The van der Waals surface area contributed by atoms with Gasteiger partial charge in [-0.25, -0.2) is 0 Å². The quantitative estimate of drug-likeness (QED) is 0.173. The summed E-state index contributed by atoms with van der Waals surface area (Å²) in [4.78, 5) is 16.0. The number of para-hydroxylation sites is 7. The lowest BCUT2D eigenvalue weighted by molar-refractivity contribution is 0.891. The summed E-state index contributed by atoms with van der Waals surface area (Å²) in [5, 5.41) is 4.82.